The normalized spacial score (nSPS) is 13.1. The summed E-state index contributed by atoms with van der Waals surface area (Å²) in [5.74, 6) is 0.654. The van der Waals surface area contributed by atoms with Crippen molar-refractivity contribution in [3.63, 3.8) is 0 Å². The summed E-state index contributed by atoms with van der Waals surface area (Å²) in [5.41, 5.74) is 7.64. The molecular weight excluding hydrogens is 328 g/mol. The Labute approximate surface area is 162 Å². The second-order valence-corrected chi connectivity index (χ2v) is 8.06. The first-order valence-corrected chi connectivity index (χ1v) is 9.77. The molecule has 1 nitrogen and oxygen atoms in total. The molecule has 1 radical (unpaired) electrons. The Morgan fingerprint density at radius 3 is 1.67 bits per heavy atom. The molecule has 1 heteroatoms. The molecule has 1 aliphatic rings. The highest BCUT2D eigenvalue weighted by Gasteiger charge is 2.34. The summed E-state index contributed by atoms with van der Waals surface area (Å²) in [6.07, 6.45) is 0. The highest BCUT2D eigenvalue weighted by atomic mass is 16.1. The van der Waals surface area contributed by atoms with Crippen molar-refractivity contribution < 1.29 is 4.79 Å². The van der Waals surface area contributed by atoms with E-state index in [0.29, 0.717) is 11.8 Å². The number of hydrogen-bond acceptors (Lipinski definition) is 1. The van der Waals surface area contributed by atoms with Crippen LogP contribution in [0.2, 0.25) is 0 Å². The summed E-state index contributed by atoms with van der Waals surface area (Å²) in [6, 6.07) is 24.2. The van der Waals surface area contributed by atoms with E-state index in [4.69, 9.17) is 0 Å². The third kappa shape index (κ3) is 3.02. The molecular formula is C26H25O. The number of ketones is 1. The molecule has 135 valence electrons. The Balaban J connectivity index is 1.86. The minimum absolute atomic E-state index is 0.185. The molecule has 0 unspecified atom stereocenters. The molecule has 0 fully saturated rings. The summed E-state index contributed by atoms with van der Waals surface area (Å²) in [5, 5.41) is 0. The largest absolute Gasteiger partial charge is 0.293 e. The molecule has 27 heavy (non-hydrogen) atoms. The van der Waals surface area contributed by atoms with Gasteiger partial charge in [-0.05, 0) is 63.4 Å². The number of rotatable bonds is 4. The summed E-state index contributed by atoms with van der Waals surface area (Å²) in [7, 11) is 0. The van der Waals surface area contributed by atoms with Gasteiger partial charge in [0.05, 0.1) is 5.92 Å². The minimum Gasteiger partial charge on any atom is -0.293 e. The zero-order valence-corrected chi connectivity index (χ0v) is 16.4. The number of carbonyl (C=O) groups is 1. The van der Waals surface area contributed by atoms with E-state index in [0.717, 1.165) is 27.8 Å². The van der Waals surface area contributed by atoms with Crippen LogP contribution in [0.25, 0.3) is 11.1 Å². The Morgan fingerprint density at radius 1 is 0.778 bits per heavy atom. The Bertz CT molecular complexity index is 938. The van der Waals surface area contributed by atoms with E-state index in [9.17, 15) is 4.79 Å². The molecule has 0 amide bonds. The SMILES string of the molecule is CC(C)c1[c]c(C(C)C)cc(C(=O)C2c3ccccc3-c3ccccc32)c1. The first-order valence-electron chi connectivity index (χ1n) is 9.77. The third-order valence-corrected chi connectivity index (χ3v) is 5.54. The lowest BCUT2D eigenvalue weighted by Crippen LogP contribution is -2.13. The van der Waals surface area contributed by atoms with Gasteiger partial charge in [0.2, 0.25) is 0 Å². The highest BCUT2D eigenvalue weighted by molar-refractivity contribution is 6.07. The van der Waals surface area contributed by atoms with Crippen molar-refractivity contribution in [2.24, 2.45) is 0 Å². The summed E-state index contributed by atoms with van der Waals surface area (Å²) < 4.78 is 0. The van der Waals surface area contributed by atoms with Gasteiger partial charge in [0, 0.05) is 5.56 Å². The smallest absolute Gasteiger partial charge is 0.174 e. The Morgan fingerprint density at radius 2 is 1.22 bits per heavy atom. The topological polar surface area (TPSA) is 17.1 Å². The average molecular weight is 353 g/mol. The van der Waals surface area contributed by atoms with Crippen LogP contribution >= 0.6 is 0 Å². The lowest BCUT2D eigenvalue weighted by molar-refractivity contribution is 0.0975. The van der Waals surface area contributed by atoms with E-state index in [1.807, 2.05) is 36.4 Å². The second kappa shape index (κ2) is 6.81. The standard InChI is InChI=1S/C26H25O/c1-16(2)18-13-19(17(3)4)15-20(14-18)26(27)25-23-11-7-5-9-21(23)22-10-6-8-12-24(22)25/h5-12,14-17,25H,1-4H3. The zero-order valence-electron chi connectivity index (χ0n) is 16.4. The fourth-order valence-electron chi connectivity index (χ4n) is 3.98. The fourth-order valence-corrected chi connectivity index (χ4v) is 3.98. The van der Waals surface area contributed by atoms with Gasteiger partial charge >= 0.3 is 0 Å². The molecule has 0 saturated carbocycles. The van der Waals surface area contributed by atoms with Crippen molar-refractivity contribution >= 4 is 5.78 Å². The lowest BCUT2D eigenvalue weighted by Gasteiger charge is -2.17. The Kier molecular flexibility index (Phi) is 4.47. The maximum Gasteiger partial charge on any atom is 0.174 e. The molecule has 1 aliphatic carbocycles. The van der Waals surface area contributed by atoms with E-state index in [2.05, 4.69) is 58.0 Å². The van der Waals surface area contributed by atoms with E-state index >= 15 is 0 Å². The maximum atomic E-state index is 13.7. The number of fused-ring (bicyclic) bond motifs is 3. The van der Waals surface area contributed by atoms with Gasteiger partial charge in [-0.1, -0.05) is 76.2 Å². The highest BCUT2D eigenvalue weighted by Crippen LogP contribution is 2.46. The quantitative estimate of drug-likeness (QED) is 0.475. The lowest BCUT2D eigenvalue weighted by atomic mass is 9.85. The number of Topliss-reactive ketones (excluding diaryl/α,β-unsaturated/α-hetero) is 1. The molecule has 4 rings (SSSR count). The monoisotopic (exact) mass is 353 g/mol. The predicted octanol–water partition coefficient (Wildman–Crippen LogP) is 6.73. The Hall–Kier alpha value is -2.67. The minimum atomic E-state index is -0.222. The first kappa shape index (κ1) is 17.7. The van der Waals surface area contributed by atoms with Crippen molar-refractivity contribution in [2.45, 2.75) is 45.4 Å². The number of carbonyl (C=O) groups excluding carboxylic acids is 1. The van der Waals surface area contributed by atoms with E-state index in [1.165, 1.54) is 11.1 Å². The van der Waals surface area contributed by atoms with Gasteiger partial charge in [-0.2, -0.15) is 0 Å². The predicted molar refractivity (Wildman–Crippen MR) is 112 cm³/mol. The van der Waals surface area contributed by atoms with Crippen molar-refractivity contribution in [2.75, 3.05) is 0 Å². The van der Waals surface area contributed by atoms with Gasteiger partial charge in [-0.3, -0.25) is 4.79 Å². The van der Waals surface area contributed by atoms with E-state index in [-0.39, 0.29) is 11.7 Å². The van der Waals surface area contributed by atoms with Gasteiger partial charge in [-0.25, -0.2) is 0 Å². The van der Waals surface area contributed by atoms with Gasteiger partial charge < -0.3 is 0 Å². The van der Waals surface area contributed by atoms with Gasteiger partial charge in [-0.15, -0.1) is 0 Å². The van der Waals surface area contributed by atoms with E-state index < -0.39 is 0 Å². The summed E-state index contributed by atoms with van der Waals surface area (Å²) in [4.78, 5) is 13.7. The van der Waals surface area contributed by atoms with Crippen LogP contribution in [-0.2, 0) is 0 Å². The van der Waals surface area contributed by atoms with Crippen LogP contribution < -0.4 is 0 Å². The van der Waals surface area contributed by atoms with Crippen molar-refractivity contribution in [1.29, 1.82) is 0 Å². The zero-order chi connectivity index (χ0) is 19.1. The van der Waals surface area contributed by atoms with Crippen LogP contribution in [0.4, 0.5) is 0 Å². The average Bonchev–Trinajstić information content (AvgIpc) is 3.01. The fraction of sp³-hybridized carbons (Fsp3) is 0.269. The molecule has 0 aromatic heterocycles. The van der Waals surface area contributed by atoms with Gasteiger partial charge in [0.25, 0.3) is 0 Å². The van der Waals surface area contributed by atoms with Gasteiger partial charge in [0.1, 0.15) is 0 Å². The third-order valence-electron chi connectivity index (χ3n) is 5.54. The summed E-state index contributed by atoms with van der Waals surface area (Å²) >= 11 is 0. The van der Waals surface area contributed by atoms with Crippen LogP contribution in [0.3, 0.4) is 0 Å². The molecule has 0 heterocycles. The molecule has 0 bridgehead atoms. The molecule has 3 aromatic carbocycles. The number of hydrogen-bond donors (Lipinski definition) is 0. The van der Waals surface area contributed by atoms with Crippen LogP contribution in [0.1, 0.15) is 78.1 Å². The molecule has 0 aliphatic heterocycles. The van der Waals surface area contributed by atoms with Crippen molar-refractivity contribution in [1.82, 2.24) is 0 Å². The molecule has 0 spiro atoms. The maximum absolute atomic E-state index is 13.7. The van der Waals surface area contributed by atoms with Crippen molar-refractivity contribution in [3.8, 4) is 11.1 Å². The molecule has 3 aromatic rings. The van der Waals surface area contributed by atoms with E-state index in [1.54, 1.807) is 0 Å². The van der Waals surface area contributed by atoms with Crippen LogP contribution in [0, 0.1) is 6.07 Å². The molecule has 0 saturated heterocycles. The van der Waals surface area contributed by atoms with Crippen LogP contribution in [-0.4, -0.2) is 5.78 Å². The second-order valence-electron chi connectivity index (χ2n) is 8.06. The summed E-state index contributed by atoms with van der Waals surface area (Å²) in [6.45, 7) is 8.63. The van der Waals surface area contributed by atoms with Crippen LogP contribution in [0.5, 0.6) is 0 Å². The van der Waals surface area contributed by atoms with Gasteiger partial charge in [0.15, 0.2) is 5.78 Å². The van der Waals surface area contributed by atoms with Crippen LogP contribution in [0.15, 0.2) is 60.7 Å². The molecule has 0 atom stereocenters. The molecule has 0 N–H and O–H groups in total. The number of benzene rings is 3. The van der Waals surface area contributed by atoms with Crippen molar-refractivity contribution in [3.05, 3.63) is 94.5 Å². The first-order chi connectivity index (χ1) is 13.0.